The summed E-state index contributed by atoms with van der Waals surface area (Å²) in [7, 11) is 0. The van der Waals surface area contributed by atoms with E-state index < -0.39 is 0 Å². The molecule has 1 rings (SSSR count). The van der Waals surface area contributed by atoms with Crippen LogP contribution in [0.2, 0.25) is 0 Å². The summed E-state index contributed by atoms with van der Waals surface area (Å²) < 4.78 is 0. The van der Waals surface area contributed by atoms with Crippen molar-refractivity contribution >= 4 is 5.91 Å². The second kappa shape index (κ2) is 6.23. The zero-order valence-corrected chi connectivity index (χ0v) is 9.81. The fraction of sp³-hybridized carbons (Fsp3) is 0.500. The Hall–Kier alpha value is -1.42. The van der Waals surface area contributed by atoms with Crippen LogP contribution in [0.4, 0.5) is 0 Å². The summed E-state index contributed by atoms with van der Waals surface area (Å²) in [4.78, 5) is 15.9. The number of rotatable bonds is 5. The molecule has 0 radical (unpaired) electrons. The first-order valence-electron chi connectivity index (χ1n) is 5.52. The molecule has 1 atom stereocenters. The van der Waals surface area contributed by atoms with E-state index >= 15 is 0 Å². The van der Waals surface area contributed by atoms with Crippen LogP contribution >= 0.6 is 0 Å². The molecular formula is C12H19N3O. The number of hydrogen-bond donors (Lipinski definition) is 2. The zero-order chi connectivity index (χ0) is 12.0. The van der Waals surface area contributed by atoms with Crippen LogP contribution in [0.5, 0.6) is 0 Å². The van der Waals surface area contributed by atoms with Gasteiger partial charge >= 0.3 is 0 Å². The molecule has 1 aromatic rings. The third kappa shape index (κ3) is 3.62. The smallest absolute Gasteiger partial charge is 0.224 e. The van der Waals surface area contributed by atoms with Crippen molar-refractivity contribution in [2.75, 3.05) is 6.54 Å². The van der Waals surface area contributed by atoms with E-state index in [-0.39, 0.29) is 17.7 Å². The maximum absolute atomic E-state index is 11.8. The van der Waals surface area contributed by atoms with Crippen LogP contribution in [0.15, 0.2) is 24.4 Å². The minimum absolute atomic E-state index is 0.00292. The third-order valence-corrected chi connectivity index (χ3v) is 2.57. The zero-order valence-electron chi connectivity index (χ0n) is 9.81. The number of aromatic nitrogens is 1. The summed E-state index contributed by atoms with van der Waals surface area (Å²) in [5.74, 6) is 0.139. The maximum atomic E-state index is 11.8. The molecule has 0 aromatic carbocycles. The van der Waals surface area contributed by atoms with Crippen molar-refractivity contribution in [2.45, 2.75) is 20.4 Å². The molecule has 1 heterocycles. The van der Waals surface area contributed by atoms with Gasteiger partial charge in [-0.15, -0.1) is 0 Å². The molecule has 16 heavy (non-hydrogen) atoms. The molecule has 0 aliphatic carbocycles. The number of pyridine rings is 1. The van der Waals surface area contributed by atoms with Gasteiger partial charge in [-0.1, -0.05) is 19.9 Å². The van der Waals surface area contributed by atoms with Crippen LogP contribution in [0.1, 0.15) is 19.5 Å². The van der Waals surface area contributed by atoms with Gasteiger partial charge in [0.25, 0.3) is 0 Å². The van der Waals surface area contributed by atoms with Crippen molar-refractivity contribution in [3.05, 3.63) is 30.1 Å². The summed E-state index contributed by atoms with van der Waals surface area (Å²) in [6, 6.07) is 5.63. The molecule has 0 spiro atoms. The van der Waals surface area contributed by atoms with Gasteiger partial charge in [-0.2, -0.15) is 0 Å². The maximum Gasteiger partial charge on any atom is 0.224 e. The van der Waals surface area contributed by atoms with E-state index in [2.05, 4.69) is 10.3 Å². The fourth-order valence-electron chi connectivity index (χ4n) is 1.49. The lowest BCUT2D eigenvalue weighted by atomic mass is 9.95. The summed E-state index contributed by atoms with van der Waals surface area (Å²) in [5, 5.41) is 2.85. The van der Waals surface area contributed by atoms with Gasteiger partial charge in [-0.3, -0.25) is 9.78 Å². The monoisotopic (exact) mass is 221 g/mol. The Morgan fingerprint density at radius 1 is 1.50 bits per heavy atom. The van der Waals surface area contributed by atoms with Gasteiger partial charge in [0.05, 0.1) is 18.2 Å². The Morgan fingerprint density at radius 3 is 2.75 bits per heavy atom. The summed E-state index contributed by atoms with van der Waals surface area (Å²) in [6.07, 6.45) is 1.71. The molecular weight excluding hydrogens is 202 g/mol. The van der Waals surface area contributed by atoms with Crippen LogP contribution in [-0.4, -0.2) is 17.4 Å². The molecule has 3 N–H and O–H groups in total. The lowest BCUT2D eigenvalue weighted by Crippen LogP contribution is -2.37. The van der Waals surface area contributed by atoms with E-state index in [9.17, 15) is 4.79 Å². The number of nitrogens with one attached hydrogen (secondary N) is 1. The van der Waals surface area contributed by atoms with Gasteiger partial charge in [0.2, 0.25) is 5.91 Å². The van der Waals surface area contributed by atoms with Gasteiger partial charge in [0, 0.05) is 12.7 Å². The molecule has 1 aromatic heterocycles. The molecule has 1 unspecified atom stereocenters. The van der Waals surface area contributed by atoms with Crippen LogP contribution in [0, 0.1) is 11.8 Å². The van der Waals surface area contributed by atoms with Gasteiger partial charge in [-0.05, 0) is 18.1 Å². The summed E-state index contributed by atoms with van der Waals surface area (Å²) in [5.41, 5.74) is 6.42. The van der Waals surface area contributed by atoms with E-state index in [1.807, 2.05) is 32.0 Å². The highest BCUT2D eigenvalue weighted by atomic mass is 16.1. The minimum atomic E-state index is -0.122. The molecule has 1 amide bonds. The van der Waals surface area contributed by atoms with Crippen LogP contribution in [0.25, 0.3) is 0 Å². The normalized spacial score (nSPS) is 12.5. The second-order valence-corrected chi connectivity index (χ2v) is 4.13. The number of nitrogens with two attached hydrogens (primary N) is 1. The Bertz CT molecular complexity index is 324. The van der Waals surface area contributed by atoms with Crippen LogP contribution < -0.4 is 11.1 Å². The van der Waals surface area contributed by atoms with Gasteiger partial charge in [-0.25, -0.2) is 0 Å². The predicted molar refractivity (Wildman–Crippen MR) is 63.5 cm³/mol. The highest BCUT2D eigenvalue weighted by molar-refractivity contribution is 5.79. The van der Waals surface area contributed by atoms with Gasteiger partial charge < -0.3 is 11.1 Å². The second-order valence-electron chi connectivity index (χ2n) is 4.13. The van der Waals surface area contributed by atoms with Gasteiger partial charge in [0.1, 0.15) is 0 Å². The molecule has 0 saturated heterocycles. The molecule has 0 aliphatic heterocycles. The first-order chi connectivity index (χ1) is 7.65. The topological polar surface area (TPSA) is 68.0 Å². The van der Waals surface area contributed by atoms with Gasteiger partial charge in [0.15, 0.2) is 0 Å². The van der Waals surface area contributed by atoms with E-state index in [1.54, 1.807) is 6.20 Å². The standard InChI is InChI=1S/C12H19N3O/c1-9(2)11(7-13)12(16)15-8-10-5-3-4-6-14-10/h3-6,9,11H,7-8,13H2,1-2H3,(H,15,16). The average Bonchev–Trinajstić information content (AvgIpc) is 2.28. The first kappa shape index (κ1) is 12.6. The number of carbonyl (C=O) groups excluding carboxylic acids is 1. The van der Waals surface area contributed by atoms with Crippen molar-refractivity contribution in [1.82, 2.24) is 10.3 Å². The highest BCUT2D eigenvalue weighted by Crippen LogP contribution is 2.09. The van der Waals surface area contributed by atoms with Crippen molar-refractivity contribution in [3.8, 4) is 0 Å². The molecule has 0 bridgehead atoms. The SMILES string of the molecule is CC(C)C(CN)C(=O)NCc1ccccn1. The summed E-state index contributed by atoms with van der Waals surface area (Å²) >= 11 is 0. The van der Waals surface area contributed by atoms with E-state index in [4.69, 9.17) is 5.73 Å². The Morgan fingerprint density at radius 2 is 2.25 bits per heavy atom. The Balaban J connectivity index is 2.46. The average molecular weight is 221 g/mol. The van der Waals surface area contributed by atoms with Crippen molar-refractivity contribution in [1.29, 1.82) is 0 Å². The Labute approximate surface area is 96.3 Å². The van der Waals surface area contributed by atoms with Crippen molar-refractivity contribution in [3.63, 3.8) is 0 Å². The lowest BCUT2D eigenvalue weighted by Gasteiger charge is -2.17. The molecule has 0 saturated carbocycles. The fourth-order valence-corrected chi connectivity index (χ4v) is 1.49. The molecule has 88 valence electrons. The number of nitrogens with zero attached hydrogens (tertiary/aromatic N) is 1. The molecule has 4 heteroatoms. The van der Waals surface area contributed by atoms with Crippen LogP contribution in [-0.2, 0) is 11.3 Å². The minimum Gasteiger partial charge on any atom is -0.350 e. The van der Waals surface area contributed by atoms with E-state index in [1.165, 1.54) is 0 Å². The lowest BCUT2D eigenvalue weighted by molar-refractivity contribution is -0.126. The molecule has 0 fully saturated rings. The third-order valence-electron chi connectivity index (χ3n) is 2.57. The van der Waals surface area contributed by atoms with Crippen molar-refractivity contribution in [2.24, 2.45) is 17.6 Å². The van der Waals surface area contributed by atoms with Crippen LogP contribution in [0.3, 0.4) is 0 Å². The predicted octanol–water partition coefficient (Wildman–Crippen LogP) is 0.929. The first-order valence-corrected chi connectivity index (χ1v) is 5.52. The molecule has 0 aliphatic rings. The number of amides is 1. The highest BCUT2D eigenvalue weighted by Gasteiger charge is 2.19. The van der Waals surface area contributed by atoms with E-state index in [0.29, 0.717) is 13.1 Å². The Kier molecular flexibility index (Phi) is 4.92. The number of carbonyl (C=O) groups is 1. The van der Waals surface area contributed by atoms with Crippen molar-refractivity contribution < 1.29 is 4.79 Å². The number of hydrogen-bond acceptors (Lipinski definition) is 3. The quantitative estimate of drug-likeness (QED) is 0.777. The van der Waals surface area contributed by atoms with E-state index in [0.717, 1.165) is 5.69 Å². The molecule has 4 nitrogen and oxygen atoms in total. The summed E-state index contributed by atoms with van der Waals surface area (Å²) in [6.45, 7) is 4.84. The largest absolute Gasteiger partial charge is 0.350 e.